The number of halogens is 2. The molecule has 1 aromatic carbocycles. The van der Waals surface area contributed by atoms with E-state index in [1.54, 1.807) is 16.8 Å². The standard InChI is InChI=1S/C19H21FN4OS.ClH/c1-12-16-9-17(18(25)23-8-7-13(11-23)10-21-2)26-19(16)24(22-12)15-5-3-14(20)4-6-15;/h3-6,9,13,21H,7-8,10-11H2,1-2H3;1H. The summed E-state index contributed by atoms with van der Waals surface area (Å²) in [6.07, 6.45) is 1.04. The molecule has 3 heterocycles. The monoisotopic (exact) mass is 408 g/mol. The van der Waals surface area contributed by atoms with Crippen LogP contribution in [0.15, 0.2) is 30.3 Å². The van der Waals surface area contributed by atoms with Gasteiger partial charge >= 0.3 is 0 Å². The highest BCUT2D eigenvalue weighted by Crippen LogP contribution is 2.32. The zero-order valence-corrected chi connectivity index (χ0v) is 16.9. The van der Waals surface area contributed by atoms with Crippen molar-refractivity contribution in [1.82, 2.24) is 20.0 Å². The molecule has 1 atom stereocenters. The van der Waals surface area contributed by atoms with E-state index in [4.69, 9.17) is 0 Å². The summed E-state index contributed by atoms with van der Waals surface area (Å²) in [6.45, 7) is 4.48. The number of hydrogen-bond acceptors (Lipinski definition) is 4. The number of carbonyl (C=O) groups excluding carboxylic acids is 1. The molecule has 27 heavy (non-hydrogen) atoms. The number of carbonyl (C=O) groups is 1. The molecule has 8 heteroatoms. The van der Waals surface area contributed by atoms with Crippen molar-refractivity contribution in [3.05, 3.63) is 46.7 Å². The van der Waals surface area contributed by atoms with E-state index in [1.807, 2.05) is 24.9 Å². The molecule has 2 aromatic heterocycles. The van der Waals surface area contributed by atoms with Crippen LogP contribution in [0.4, 0.5) is 4.39 Å². The van der Waals surface area contributed by atoms with Crippen LogP contribution in [0.2, 0.25) is 0 Å². The Balaban J connectivity index is 0.00000210. The largest absolute Gasteiger partial charge is 0.338 e. The maximum atomic E-state index is 13.2. The number of thiophene rings is 1. The summed E-state index contributed by atoms with van der Waals surface area (Å²) in [5.74, 6) is 0.339. The van der Waals surface area contributed by atoms with E-state index >= 15 is 0 Å². The summed E-state index contributed by atoms with van der Waals surface area (Å²) in [4.78, 5) is 16.5. The lowest BCUT2D eigenvalue weighted by atomic mass is 10.1. The Morgan fingerprint density at radius 1 is 1.37 bits per heavy atom. The van der Waals surface area contributed by atoms with Crippen LogP contribution in [0.3, 0.4) is 0 Å². The van der Waals surface area contributed by atoms with Gasteiger partial charge in [-0.3, -0.25) is 4.79 Å². The minimum Gasteiger partial charge on any atom is -0.338 e. The topological polar surface area (TPSA) is 50.2 Å². The van der Waals surface area contributed by atoms with E-state index in [0.29, 0.717) is 5.92 Å². The van der Waals surface area contributed by atoms with Crippen molar-refractivity contribution in [2.75, 3.05) is 26.7 Å². The van der Waals surface area contributed by atoms with Gasteiger partial charge in [-0.25, -0.2) is 9.07 Å². The lowest BCUT2D eigenvalue weighted by Crippen LogP contribution is -2.29. The minimum atomic E-state index is -0.277. The molecule has 4 rings (SSSR count). The van der Waals surface area contributed by atoms with E-state index in [-0.39, 0.29) is 24.1 Å². The highest BCUT2D eigenvalue weighted by Gasteiger charge is 2.28. The number of nitrogens with one attached hydrogen (secondary N) is 1. The molecule has 1 unspecified atom stereocenters. The number of hydrogen-bond donors (Lipinski definition) is 1. The van der Waals surface area contributed by atoms with Gasteiger partial charge in [0.15, 0.2) is 0 Å². The predicted molar refractivity (Wildman–Crippen MR) is 109 cm³/mol. The lowest BCUT2D eigenvalue weighted by Gasteiger charge is -2.15. The van der Waals surface area contributed by atoms with Gasteiger partial charge in [-0.05, 0) is 63.2 Å². The smallest absolute Gasteiger partial charge is 0.264 e. The average Bonchev–Trinajstić information content (AvgIpc) is 3.33. The molecule has 1 N–H and O–H groups in total. The Hall–Kier alpha value is -1.96. The molecule has 0 radical (unpaired) electrons. The second-order valence-electron chi connectivity index (χ2n) is 6.77. The summed E-state index contributed by atoms with van der Waals surface area (Å²) in [5.41, 5.74) is 1.66. The molecule has 144 valence electrons. The van der Waals surface area contributed by atoms with Gasteiger partial charge in [0.05, 0.1) is 16.3 Å². The molecular weight excluding hydrogens is 387 g/mol. The molecule has 0 spiro atoms. The van der Waals surface area contributed by atoms with Crippen molar-refractivity contribution in [1.29, 1.82) is 0 Å². The SMILES string of the molecule is CNCC1CCN(C(=O)c2cc3c(C)nn(-c4ccc(F)cc4)c3s2)C1.Cl. The number of aryl methyl sites for hydroxylation is 1. The molecule has 0 bridgehead atoms. The summed E-state index contributed by atoms with van der Waals surface area (Å²) in [7, 11) is 1.94. The Bertz CT molecular complexity index is 953. The minimum absolute atomic E-state index is 0. The van der Waals surface area contributed by atoms with Crippen molar-refractivity contribution in [3.8, 4) is 5.69 Å². The highest BCUT2D eigenvalue weighted by molar-refractivity contribution is 7.20. The summed E-state index contributed by atoms with van der Waals surface area (Å²) in [5, 5.41) is 8.73. The first-order chi connectivity index (χ1) is 12.6. The Labute approximate surface area is 167 Å². The first-order valence-corrected chi connectivity index (χ1v) is 9.57. The second-order valence-corrected chi connectivity index (χ2v) is 7.80. The van der Waals surface area contributed by atoms with Gasteiger partial charge in [0, 0.05) is 18.5 Å². The predicted octanol–water partition coefficient (Wildman–Crippen LogP) is 3.64. The molecular formula is C19H22ClFN4OS. The van der Waals surface area contributed by atoms with Crippen LogP contribution in [-0.4, -0.2) is 47.3 Å². The number of nitrogens with zero attached hydrogens (tertiary/aromatic N) is 3. The molecule has 1 aliphatic heterocycles. The normalized spacial score (nSPS) is 16.7. The van der Waals surface area contributed by atoms with Crippen LogP contribution in [-0.2, 0) is 0 Å². The fraction of sp³-hybridized carbons (Fsp3) is 0.368. The van der Waals surface area contributed by atoms with Crippen LogP contribution < -0.4 is 5.32 Å². The van der Waals surface area contributed by atoms with Crippen LogP contribution in [0.25, 0.3) is 15.9 Å². The fourth-order valence-electron chi connectivity index (χ4n) is 3.54. The second kappa shape index (κ2) is 7.96. The maximum Gasteiger partial charge on any atom is 0.264 e. The van der Waals surface area contributed by atoms with E-state index in [1.165, 1.54) is 23.5 Å². The fourth-order valence-corrected chi connectivity index (χ4v) is 4.69. The third-order valence-electron chi connectivity index (χ3n) is 4.89. The molecule has 5 nitrogen and oxygen atoms in total. The van der Waals surface area contributed by atoms with Crippen molar-refractivity contribution in [2.24, 2.45) is 5.92 Å². The zero-order chi connectivity index (χ0) is 18.3. The molecule has 1 aliphatic rings. The van der Waals surface area contributed by atoms with Gasteiger partial charge in [-0.2, -0.15) is 5.10 Å². The van der Waals surface area contributed by atoms with Crippen molar-refractivity contribution in [2.45, 2.75) is 13.3 Å². The Morgan fingerprint density at radius 3 is 2.81 bits per heavy atom. The van der Waals surface area contributed by atoms with Crippen LogP contribution in [0.1, 0.15) is 21.8 Å². The van der Waals surface area contributed by atoms with E-state index < -0.39 is 0 Å². The Morgan fingerprint density at radius 2 is 2.11 bits per heavy atom. The summed E-state index contributed by atoms with van der Waals surface area (Å²) >= 11 is 1.45. The van der Waals surface area contributed by atoms with Gasteiger partial charge in [0.1, 0.15) is 10.6 Å². The number of likely N-dealkylation sites (tertiary alicyclic amines) is 1. The first-order valence-electron chi connectivity index (χ1n) is 8.76. The molecule has 0 saturated carbocycles. The summed E-state index contributed by atoms with van der Waals surface area (Å²) in [6, 6.07) is 8.18. The lowest BCUT2D eigenvalue weighted by molar-refractivity contribution is 0.0792. The third-order valence-corrected chi connectivity index (χ3v) is 5.99. The van der Waals surface area contributed by atoms with Crippen molar-refractivity contribution < 1.29 is 9.18 Å². The van der Waals surface area contributed by atoms with E-state index in [0.717, 1.165) is 52.5 Å². The van der Waals surface area contributed by atoms with Crippen LogP contribution in [0, 0.1) is 18.7 Å². The molecule has 1 saturated heterocycles. The van der Waals surface area contributed by atoms with Crippen LogP contribution >= 0.6 is 23.7 Å². The van der Waals surface area contributed by atoms with Crippen molar-refractivity contribution >= 4 is 39.9 Å². The maximum absolute atomic E-state index is 13.2. The highest BCUT2D eigenvalue weighted by atomic mass is 35.5. The van der Waals surface area contributed by atoms with E-state index in [2.05, 4.69) is 10.4 Å². The quantitative estimate of drug-likeness (QED) is 0.717. The zero-order valence-electron chi connectivity index (χ0n) is 15.2. The number of fused-ring (bicyclic) bond motifs is 1. The number of aromatic nitrogens is 2. The van der Waals surface area contributed by atoms with Crippen LogP contribution in [0.5, 0.6) is 0 Å². The summed E-state index contributed by atoms with van der Waals surface area (Å²) < 4.78 is 15.0. The number of rotatable bonds is 4. The van der Waals surface area contributed by atoms with Gasteiger partial charge in [0.25, 0.3) is 5.91 Å². The van der Waals surface area contributed by atoms with Crippen molar-refractivity contribution in [3.63, 3.8) is 0 Å². The average molecular weight is 409 g/mol. The van der Waals surface area contributed by atoms with Gasteiger partial charge < -0.3 is 10.2 Å². The molecule has 1 fully saturated rings. The number of benzene rings is 1. The number of amides is 1. The molecule has 0 aliphatic carbocycles. The van der Waals surface area contributed by atoms with Gasteiger partial charge in [-0.1, -0.05) is 0 Å². The Kier molecular flexibility index (Phi) is 5.83. The van der Waals surface area contributed by atoms with Gasteiger partial charge in [-0.15, -0.1) is 23.7 Å². The molecule has 3 aromatic rings. The molecule has 1 amide bonds. The third kappa shape index (κ3) is 3.72. The van der Waals surface area contributed by atoms with E-state index in [9.17, 15) is 9.18 Å². The first kappa shape index (κ1) is 19.8. The van der Waals surface area contributed by atoms with Gasteiger partial charge in [0.2, 0.25) is 0 Å².